The molecule has 0 spiro atoms. The van der Waals surface area contributed by atoms with Crippen LogP contribution < -0.4 is 5.73 Å². The van der Waals surface area contributed by atoms with Gasteiger partial charge in [0, 0.05) is 13.1 Å². The zero-order valence-electron chi connectivity index (χ0n) is 8.27. The Hall–Kier alpha value is -1.10. The van der Waals surface area contributed by atoms with Crippen LogP contribution in [0.25, 0.3) is 0 Å². The summed E-state index contributed by atoms with van der Waals surface area (Å²) < 4.78 is 0. The largest absolute Gasteiger partial charge is 0.481 e. The van der Waals surface area contributed by atoms with E-state index >= 15 is 0 Å². The SMILES string of the molecule is CCCC(N)C(=O)N1CC(C(=O)O)C1. The summed E-state index contributed by atoms with van der Waals surface area (Å²) in [6.45, 7) is 2.58. The van der Waals surface area contributed by atoms with Gasteiger partial charge >= 0.3 is 5.97 Å². The molecule has 1 heterocycles. The van der Waals surface area contributed by atoms with Crippen molar-refractivity contribution in [2.24, 2.45) is 11.7 Å². The summed E-state index contributed by atoms with van der Waals surface area (Å²) in [5, 5.41) is 8.61. The Balaban J connectivity index is 2.32. The fourth-order valence-electron chi connectivity index (χ4n) is 1.48. The van der Waals surface area contributed by atoms with E-state index in [0.717, 1.165) is 6.42 Å². The van der Waals surface area contributed by atoms with Gasteiger partial charge in [0.05, 0.1) is 12.0 Å². The predicted molar refractivity (Wildman–Crippen MR) is 50.6 cm³/mol. The summed E-state index contributed by atoms with van der Waals surface area (Å²) in [4.78, 5) is 23.5. The van der Waals surface area contributed by atoms with Crippen LogP contribution >= 0.6 is 0 Å². The number of hydrogen-bond donors (Lipinski definition) is 2. The summed E-state index contributed by atoms with van der Waals surface area (Å²) >= 11 is 0. The lowest BCUT2D eigenvalue weighted by Crippen LogP contribution is -2.57. The van der Waals surface area contributed by atoms with E-state index in [2.05, 4.69) is 0 Å². The first-order valence-corrected chi connectivity index (χ1v) is 4.83. The Morgan fingerprint density at radius 2 is 2.14 bits per heavy atom. The van der Waals surface area contributed by atoms with Gasteiger partial charge in [-0.25, -0.2) is 0 Å². The first-order chi connectivity index (χ1) is 6.56. The quantitative estimate of drug-likeness (QED) is 0.650. The smallest absolute Gasteiger partial charge is 0.310 e. The van der Waals surface area contributed by atoms with E-state index < -0.39 is 17.9 Å². The number of amides is 1. The number of carboxylic acid groups (broad SMARTS) is 1. The van der Waals surface area contributed by atoms with Crippen LogP contribution in [-0.2, 0) is 9.59 Å². The molecule has 5 heteroatoms. The van der Waals surface area contributed by atoms with Crippen molar-refractivity contribution in [1.29, 1.82) is 0 Å². The van der Waals surface area contributed by atoms with Crippen LogP contribution in [0.3, 0.4) is 0 Å². The summed E-state index contributed by atoms with van der Waals surface area (Å²) in [6, 6.07) is -0.463. The van der Waals surface area contributed by atoms with Gasteiger partial charge in [-0.1, -0.05) is 13.3 Å². The second-order valence-electron chi connectivity index (χ2n) is 3.67. The van der Waals surface area contributed by atoms with Crippen LogP contribution in [-0.4, -0.2) is 41.0 Å². The molecule has 1 amide bonds. The highest BCUT2D eigenvalue weighted by Crippen LogP contribution is 2.16. The van der Waals surface area contributed by atoms with Crippen LogP contribution in [0.15, 0.2) is 0 Å². The van der Waals surface area contributed by atoms with Gasteiger partial charge in [-0.3, -0.25) is 9.59 Å². The van der Waals surface area contributed by atoms with Crippen molar-refractivity contribution in [2.75, 3.05) is 13.1 Å². The molecule has 1 aliphatic heterocycles. The van der Waals surface area contributed by atoms with E-state index in [1.807, 2.05) is 6.92 Å². The molecule has 0 aromatic rings. The third-order valence-corrected chi connectivity index (χ3v) is 2.46. The first kappa shape index (κ1) is 11.0. The van der Waals surface area contributed by atoms with Crippen molar-refractivity contribution in [3.63, 3.8) is 0 Å². The monoisotopic (exact) mass is 200 g/mol. The maximum Gasteiger partial charge on any atom is 0.310 e. The molecular formula is C9H16N2O3. The van der Waals surface area contributed by atoms with Crippen molar-refractivity contribution in [1.82, 2.24) is 4.90 Å². The Morgan fingerprint density at radius 1 is 1.57 bits per heavy atom. The van der Waals surface area contributed by atoms with Gasteiger partial charge in [-0.2, -0.15) is 0 Å². The molecule has 0 bridgehead atoms. The van der Waals surface area contributed by atoms with E-state index in [0.29, 0.717) is 19.5 Å². The Labute approximate surface area is 82.9 Å². The number of nitrogens with zero attached hydrogens (tertiary/aromatic N) is 1. The fourth-order valence-corrected chi connectivity index (χ4v) is 1.48. The minimum absolute atomic E-state index is 0.121. The lowest BCUT2D eigenvalue weighted by atomic mass is 9.98. The normalized spacial score (nSPS) is 18.9. The summed E-state index contributed by atoms with van der Waals surface area (Å²) in [6.07, 6.45) is 1.52. The van der Waals surface area contributed by atoms with Gasteiger partial charge in [0.1, 0.15) is 0 Å². The van der Waals surface area contributed by atoms with E-state index in [1.165, 1.54) is 4.90 Å². The standard InChI is InChI=1S/C9H16N2O3/c1-2-3-7(10)8(12)11-4-6(5-11)9(13)14/h6-7H,2-5,10H2,1H3,(H,13,14). The van der Waals surface area contributed by atoms with E-state index in [4.69, 9.17) is 10.8 Å². The average Bonchev–Trinajstić information content (AvgIpc) is 2.00. The number of hydrogen-bond acceptors (Lipinski definition) is 3. The molecule has 3 N–H and O–H groups in total. The van der Waals surface area contributed by atoms with E-state index in [-0.39, 0.29) is 5.91 Å². The summed E-state index contributed by atoms with van der Waals surface area (Å²) in [7, 11) is 0. The van der Waals surface area contributed by atoms with Crippen molar-refractivity contribution in [2.45, 2.75) is 25.8 Å². The summed E-state index contributed by atoms with van der Waals surface area (Å²) in [5.41, 5.74) is 5.62. The maximum atomic E-state index is 11.5. The van der Waals surface area contributed by atoms with Gasteiger partial charge in [0.15, 0.2) is 0 Å². The van der Waals surface area contributed by atoms with E-state index in [1.54, 1.807) is 0 Å². The maximum absolute atomic E-state index is 11.5. The molecule has 0 aromatic heterocycles. The van der Waals surface area contributed by atoms with Gasteiger partial charge in [-0.15, -0.1) is 0 Å². The fraction of sp³-hybridized carbons (Fsp3) is 0.778. The van der Waals surface area contributed by atoms with Gasteiger partial charge < -0.3 is 15.7 Å². The molecule has 1 atom stereocenters. The van der Waals surface area contributed by atoms with Gasteiger partial charge in [0.2, 0.25) is 5.91 Å². The number of carbonyl (C=O) groups excluding carboxylic acids is 1. The second kappa shape index (κ2) is 4.41. The van der Waals surface area contributed by atoms with Crippen LogP contribution in [0.1, 0.15) is 19.8 Å². The predicted octanol–water partition coefficient (Wildman–Crippen LogP) is -0.343. The molecule has 0 saturated carbocycles. The third-order valence-electron chi connectivity index (χ3n) is 2.46. The minimum Gasteiger partial charge on any atom is -0.481 e. The number of carboxylic acids is 1. The molecule has 1 fully saturated rings. The Kier molecular flexibility index (Phi) is 3.46. The van der Waals surface area contributed by atoms with Crippen molar-refractivity contribution in [3.05, 3.63) is 0 Å². The zero-order chi connectivity index (χ0) is 10.7. The van der Waals surface area contributed by atoms with Crippen LogP contribution in [0.2, 0.25) is 0 Å². The van der Waals surface area contributed by atoms with Crippen molar-refractivity contribution < 1.29 is 14.7 Å². The van der Waals surface area contributed by atoms with Crippen molar-refractivity contribution in [3.8, 4) is 0 Å². The third kappa shape index (κ3) is 2.23. The molecular weight excluding hydrogens is 184 g/mol. The van der Waals surface area contributed by atoms with Crippen LogP contribution in [0.5, 0.6) is 0 Å². The minimum atomic E-state index is -0.835. The molecule has 5 nitrogen and oxygen atoms in total. The van der Waals surface area contributed by atoms with Crippen molar-refractivity contribution >= 4 is 11.9 Å². The highest BCUT2D eigenvalue weighted by Gasteiger charge is 2.36. The molecule has 14 heavy (non-hydrogen) atoms. The molecule has 1 saturated heterocycles. The highest BCUT2D eigenvalue weighted by molar-refractivity contribution is 5.84. The second-order valence-corrected chi connectivity index (χ2v) is 3.67. The highest BCUT2D eigenvalue weighted by atomic mass is 16.4. The topological polar surface area (TPSA) is 83.6 Å². The number of rotatable bonds is 4. The number of likely N-dealkylation sites (tertiary alicyclic amines) is 1. The Bertz CT molecular complexity index is 236. The lowest BCUT2D eigenvalue weighted by molar-refractivity contribution is -0.153. The van der Waals surface area contributed by atoms with E-state index in [9.17, 15) is 9.59 Å². The molecule has 80 valence electrons. The number of aliphatic carboxylic acids is 1. The molecule has 1 aliphatic rings. The molecule has 1 rings (SSSR count). The van der Waals surface area contributed by atoms with Crippen LogP contribution in [0.4, 0.5) is 0 Å². The molecule has 0 radical (unpaired) electrons. The number of carbonyl (C=O) groups is 2. The van der Waals surface area contributed by atoms with Gasteiger partial charge in [0.25, 0.3) is 0 Å². The summed E-state index contributed by atoms with van der Waals surface area (Å²) in [5.74, 6) is -1.35. The lowest BCUT2D eigenvalue weighted by Gasteiger charge is -2.38. The molecule has 0 aromatic carbocycles. The zero-order valence-corrected chi connectivity index (χ0v) is 8.27. The Morgan fingerprint density at radius 3 is 2.57 bits per heavy atom. The van der Waals surface area contributed by atoms with Gasteiger partial charge in [-0.05, 0) is 6.42 Å². The number of nitrogens with two attached hydrogens (primary N) is 1. The molecule has 0 aliphatic carbocycles. The first-order valence-electron chi connectivity index (χ1n) is 4.83. The average molecular weight is 200 g/mol. The molecule has 1 unspecified atom stereocenters. The van der Waals surface area contributed by atoms with Crippen LogP contribution in [0, 0.1) is 5.92 Å².